The highest BCUT2D eigenvalue weighted by atomic mass is 16.1. The van der Waals surface area contributed by atoms with Crippen LogP contribution in [0.15, 0.2) is 35.4 Å². The standard InChI is InChI=1S/C10H11N3O/c1-2-8-4-3-5-9(6-8)13-7-11-12-10(13)14/h3-7H,2H2,1H3,(H,12,14). The molecule has 0 spiro atoms. The first-order valence-corrected chi connectivity index (χ1v) is 4.52. The van der Waals surface area contributed by atoms with E-state index in [1.54, 1.807) is 0 Å². The van der Waals surface area contributed by atoms with Crippen molar-refractivity contribution in [2.75, 3.05) is 0 Å². The second-order valence-corrected chi connectivity index (χ2v) is 3.05. The van der Waals surface area contributed by atoms with Gasteiger partial charge in [0, 0.05) is 0 Å². The van der Waals surface area contributed by atoms with Crippen LogP contribution in [0.5, 0.6) is 0 Å². The third kappa shape index (κ3) is 1.46. The lowest BCUT2D eigenvalue weighted by atomic mass is 10.1. The molecule has 0 radical (unpaired) electrons. The minimum absolute atomic E-state index is 0.210. The smallest absolute Gasteiger partial charge is 0.250 e. The lowest BCUT2D eigenvalue weighted by Crippen LogP contribution is -2.14. The third-order valence-corrected chi connectivity index (χ3v) is 2.15. The van der Waals surface area contributed by atoms with E-state index in [2.05, 4.69) is 17.1 Å². The highest BCUT2D eigenvalue weighted by molar-refractivity contribution is 5.35. The lowest BCUT2D eigenvalue weighted by Gasteiger charge is -2.01. The van der Waals surface area contributed by atoms with E-state index in [0.717, 1.165) is 12.1 Å². The minimum Gasteiger partial charge on any atom is -0.250 e. The zero-order valence-corrected chi connectivity index (χ0v) is 7.90. The molecule has 0 aliphatic carbocycles. The molecule has 14 heavy (non-hydrogen) atoms. The molecular weight excluding hydrogens is 178 g/mol. The molecule has 0 saturated carbocycles. The van der Waals surface area contributed by atoms with Gasteiger partial charge in [-0.15, -0.1) is 0 Å². The summed E-state index contributed by atoms with van der Waals surface area (Å²) in [5.74, 6) is 0. The summed E-state index contributed by atoms with van der Waals surface area (Å²) in [6, 6.07) is 7.84. The topological polar surface area (TPSA) is 50.7 Å². The number of benzene rings is 1. The number of aromatic nitrogens is 3. The van der Waals surface area contributed by atoms with Crippen molar-refractivity contribution in [3.63, 3.8) is 0 Å². The van der Waals surface area contributed by atoms with Crippen molar-refractivity contribution in [3.8, 4) is 5.69 Å². The maximum atomic E-state index is 11.3. The molecule has 0 saturated heterocycles. The molecule has 2 aromatic rings. The van der Waals surface area contributed by atoms with Crippen LogP contribution in [-0.4, -0.2) is 14.8 Å². The number of aryl methyl sites for hydroxylation is 1. The van der Waals surface area contributed by atoms with E-state index < -0.39 is 0 Å². The van der Waals surface area contributed by atoms with Crippen molar-refractivity contribution in [1.29, 1.82) is 0 Å². The Kier molecular flexibility index (Phi) is 2.18. The first-order chi connectivity index (χ1) is 6.81. The SMILES string of the molecule is CCc1cccc(-n2cn[nH]c2=O)c1. The highest BCUT2D eigenvalue weighted by Crippen LogP contribution is 2.08. The number of nitrogens with zero attached hydrogens (tertiary/aromatic N) is 2. The maximum absolute atomic E-state index is 11.3. The Bertz CT molecular complexity index is 484. The summed E-state index contributed by atoms with van der Waals surface area (Å²) in [7, 11) is 0. The first-order valence-electron chi connectivity index (χ1n) is 4.52. The largest absolute Gasteiger partial charge is 0.347 e. The average molecular weight is 189 g/mol. The van der Waals surface area contributed by atoms with Crippen LogP contribution in [0.1, 0.15) is 12.5 Å². The van der Waals surface area contributed by atoms with E-state index in [0.29, 0.717) is 0 Å². The number of hydrogen-bond donors (Lipinski definition) is 1. The second-order valence-electron chi connectivity index (χ2n) is 3.05. The molecule has 0 atom stereocenters. The van der Waals surface area contributed by atoms with E-state index in [1.165, 1.54) is 16.5 Å². The van der Waals surface area contributed by atoms with Crippen LogP contribution in [0.4, 0.5) is 0 Å². The van der Waals surface area contributed by atoms with Crippen LogP contribution >= 0.6 is 0 Å². The van der Waals surface area contributed by atoms with Gasteiger partial charge in [-0.05, 0) is 24.1 Å². The lowest BCUT2D eigenvalue weighted by molar-refractivity contribution is 0.976. The molecule has 4 heteroatoms. The van der Waals surface area contributed by atoms with Gasteiger partial charge in [0.1, 0.15) is 6.33 Å². The Balaban J connectivity index is 2.52. The van der Waals surface area contributed by atoms with Gasteiger partial charge in [-0.25, -0.2) is 14.5 Å². The van der Waals surface area contributed by atoms with Crippen molar-refractivity contribution in [2.24, 2.45) is 0 Å². The summed E-state index contributed by atoms with van der Waals surface area (Å²) in [5, 5.41) is 6.04. The molecule has 72 valence electrons. The Morgan fingerprint density at radius 3 is 3.00 bits per heavy atom. The molecule has 2 rings (SSSR count). The second kappa shape index (κ2) is 3.49. The van der Waals surface area contributed by atoms with Gasteiger partial charge >= 0.3 is 5.69 Å². The van der Waals surface area contributed by atoms with E-state index in [4.69, 9.17) is 0 Å². The predicted molar refractivity (Wildman–Crippen MR) is 53.6 cm³/mol. The number of aromatic amines is 1. The highest BCUT2D eigenvalue weighted by Gasteiger charge is 2.00. The van der Waals surface area contributed by atoms with Gasteiger partial charge in [0.25, 0.3) is 0 Å². The summed E-state index contributed by atoms with van der Waals surface area (Å²) in [6.07, 6.45) is 2.44. The fourth-order valence-corrected chi connectivity index (χ4v) is 1.36. The predicted octanol–water partition coefficient (Wildman–Crippen LogP) is 1.12. The summed E-state index contributed by atoms with van der Waals surface area (Å²) in [5.41, 5.74) is 1.84. The van der Waals surface area contributed by atoms with Crippen molar-refractivity contribution in [2.45, 2.75) is 13.3 Å². The van der Waals surface area contributed by atoms with Gasteiger partial charge < -0.3 is 0 Å². The van der Waals surface area contributed by atoms with E-state index in [9.17, 15) is 4.79 Å². The quantitative estimate of drug-likeness (QED) is 0.769. The zero-order valence-electron chi connectivity index (χ0n) is 7.90. The molecule has 0 aliphatic heterocycles. The van der Waals surface area contributed by atoms with Crippen molar-refractivity contribution >= 4 is 0 Å². The minimum atomic E-state index is -0.210. The van der Waals surface area contributed by atoms with Gasteiger partial charge in [-0.1, -0.05) is 19.1 Å². The van der Waals surface area contributed by atoms with Crippen molar-refractivity contribution in [1.82, 2.24) is 14.8 Å². The van der Waals surface area contributed by atoms with Gasteiger partial charge in [0.15, 0.2) is 0 Å². The molecule has 1 heterocycles. The molecule has 0 fully saturated rings. The summed E-state index contributed by atoms with van der Waals surface area (Å²) in [6.45, 7) is 2.08. The summed E-state index contributed by atoms with van der Waals surface area (Å²) >= 11 is 0. The maximum Gasteiger partial charge on any atom is 0.347 e. The summed E-state index contributed by atoms with van der Waals surface area (Å²) in [4.78, 5) is 11.3. The number of rotatable bonds is 2. The third-order valence-electron chi connectivity index (χ3n) is 2.15. The molecule has 0 aliphatic rings. The van der Waals surface area contributed by atoms with Crippen molar-refractivity contribution in [3.05, 3.63) is 46.6 Å². The zero-order chi connectivity index (χ0) is 9.97. The van der Waals surface area contributed by atoms with Gasteiger partial charge in [0.05, 0.1) is 5.69 Å². The normalized spacial score (nSPS) is 10.4. The molecule has 0 unspecified atom stereocenters. The Morgan fingerprint density at radius 2 is 2.36 bits per heavy atom. The molecule has 0 amide bonds. The molecule has 0 bridgehead atoms. The van der Waals surface area contributed by atoms with Gasteiger partial charge in [-0.3, -0.25) is 0 Å². The van der Waals surface area contributed by atoms with Crippen LogP contribution in [-0.2, 0) is 6.42 Å². The molecular formula is C10H11N3O. The van der Waals surface area contributed by atoms with Crippen LogP contribution in [0, 0.1) is 0 Å². The Labute approximate surface area is 81.2 Å². The fourth-order valence-electron chi connectivity index (χ4n) is 1.36. The fraction of sp³-hybridized carbons (Fsp3) is 0.200. The molecule has 1 aromatic carbocycles. The van der Waals surface area contributed by atoms with Gasteiger partial charge in [-0.2, -0.15) is 5.10 Å². The van der Waals surface area contributed by atoms with Crippen LogP contribution in [0.3, 0.4) is 0 Å². The number of nitrogens with one attached hydrogen (secondary N) is 1. The van der Waals surface area contributed by atoms with Crippen LogP contribution in [0.25, 0.3) is 5.69 Å². The molecule has 1 N–H and O–H groups in total. The molecule has 4 nitrogen and oxygen atoms in total. The van der Waals surface area contributed by atoms with Gasteiger partial charge in [0.2, 0.25) is 0 Å². The number of H-pyrrole nitrogens is 1. The molecule has 1 aromatic heterocycles. The van der Waals surface area contributed by atoms with E-state index in [-0.39, 0.29) is 5.69 Å². The number of hydrogen-bond acceptors (Lipinski definition) is 2. The first kappa shape index (κ1) is 8.74. The average Bonchev–Trinajstić information content (AvgIpc) is 2.65. The Hall–Kier alpha value is -1.84. The summed E-state index contributed by atoms with van der Waals surface area (Å²) < 4.78 is 1.49. The van der Waals surface area contributed by atoms with Crippen molar-refractivity contribution < 1.29 is 0 Å². The van der Waals surface area contributed by atoms with Crippen LogP contribution < -0.4 is 5.69 Å². The Morgan fingerprint density at radius 1 is 1.50 bits per heavy atom. The monoisotopic (exact) mass is 189 g/mol. The van der Waals surface area contributed by atoms with E-state index in [1.807, 2.05) is 24.3 Å². The van der Waals surface area contributed by atoms with Crippen LogP contribution in [0.2, 0.25) is 0 Å². The van der Waals surface area contributed by atoms with E-state index >= 15 is 0 Å².